The Kier molecular flexibility index (Phi) is 8.56. The van der Waals surface area contributed by atoms with Crippen LogP contribution >= 0.6 is 0 Å². The quantitative estimate of drug-likeness (QED) is 0.493. The summed E-state index contributed by atoms with van der Waals surface area (Å²) in [5.41, 5.74) is 2.21. The third kappa shape index (κ3) is 7.86. The van der Waals surface area contributed by atoms with Crippen molar-refractivity contribution in [3.63, 3.8) is 0 Å². The first-order chi connectivity index (χ1) is 12.3. The number of carbonyl (C=O) groups excluding carboxylic acids is 1. The minimum absolute atomic E-state index is 0.386. The summed E-state index contributed by atoms with van der Waals surface area (Å²) in [6.45, 7) is 3.94. The Hall–Kier alpha value is -2.33. The van der Waals surface area contributed by atoms with Gasteiger partial charge in [-0.25, -0.2) is 4.79 Å². The predicted molar refractivity (Wildman–Crippen MR) is 101 cm³/mol. The van der Waals surface area contributed by atoms with Gasteiger partial charge in [-0.15, -0.1) is 5.06 Å². The fourth-order valence-electron chi connectivity index (χ4n) is 2.59. The van der Waals surface area contributed by atoms with Gasteiger partial charge in [0.1, 0.15) is 0 Å². The molecule has 0 unspecified atom stereocenters. The first-order valence-corrected chi connectivity index (χ1v) is 9.06. The Bertz CT molecular complexity index is 560. The summed E-state index contributed by atoms with van der Waals surface area (Å²) in [4.78, 5) is 17.6. The first-order valence-electron chi connectivity index (χ1n) is 9.06. The molecule has 0 bridgehead atoms. The molecule has 0 saturated carbocycles. The molecule has 2 aromatic rings. The van der Waals surface area contributed by atoms with Crippen LogP contribution in [0.15, 0.2) is 60.7 Å². The van der Waals surface area contributed by atoms with Gasteiger partial charge in [0.15, 0.2) is 0 Å². The molecular formula is C21H28N2O2. The molecule has 0 saturated heterocycles. The van der Waals surface area contributed by atoms with Crippen LogP contribution in [0, 0.1) is 0 Å². The highest BCUT2D eigenvalue weighted by molar-refractivity contribution is 5.66. The van der Waals surface area contributed by atoms with Crippen LogP contribution in [0.3, 0.4) is 0 Å². The Balaban J connectivity index is 1.88. The Morgan fingerprint density at radius 1 is 0.880 bits per heavy atom. The molecule has 134 valence electrons. The van der Waals surface area contributed by atoms with E-state index < -0.39 is 0 Å². The molecule has 2 rings (SSSR count). The molecule has 4 nitrogen and oxygen atoms in total. The number of nitrogens with zero attached hydrogens (tertiary/aromatic N) is 1. The number of amides is 1. The fraction of sp³-hybridized carbons (Fsp3) is 0.381. The number of hydrogen-bond acceptors (Lipinski definition) is 3. The van der Waals surface area contributed by atoms with Crippen LogP contribution in [0.4, 0.5) is 4.79 Å². The molecule has 0 aliphatic carbocycles. The topological polar surface area (TPSA) is 41.6 Å². The van der Waals surface area contributed by atoms with E-state index in [2.05, 4.69) is 12.2 Å². The highest BCUT2D eigenvalue weighted by Gasteiger charge is 2.13. The molecule has 0 fully saturated rings. The van der Waals surface area contributed by atoms with Gasteiger partial charge in [0, 0.05) is 6.54 Å². The van der Waals surface area contributed by atoms with Crippen LogP contribution in [-0.2, 0) is 17.9 Å². The van der Waals surface area contributed by atoms with Gasteiger partial charge in [-0.05, 0) is 17.5 Å². The smallest absolute Gasteiger partial charge is 0.350 e. The summed E-state index contributed by atoms with van der Waals surface area (Å²) in [7, 11) is 0. The Labute approximate surface area is 150 Å². The van der Waals surface area contributed by atoms with E-state index >= 15 is 0 Å². The maximum Gasteiger partial charge on any atom is 0.426 e. The minimum atomic E-state index is -0.386. The van der Waals surface area contributed by atoms with E-state index in [0.29, 0.717) is 19.6 Å². The molecule has 0 radical (unpaired) electrons. The average Bonchev–Trinajstić information content (AvgIpc) is 2.63. The molecule has 0 aromatic heterocycles. The second-order valence-electron chi connectivity index (χ2n) is 6.14. The molecule has 2 aromatic carbocycles. The molecule has 0 aliphatic heterocycles. The molecule has 1 N–H and O–H groups in total. The monoisotopic (exact) mass is 340 g/mol. The van der Waals surface area contributed by atoms with Gasteiger partial charge in [0.2, 0.25) is 0 Å². The standard InChI is InChI=1S/C21H28N2O2/c1-2-3-4-11-16-22-21(24)25-23(17-19-12-7-5-8-13-19)18-20-14-9-6-10-15-20/h5-10,12-15H,2-4,11,16-18H2,1H3,(H,22,24). The van der Waals surface area contributed by atoms with Gasteiger partial charge in [-0.1, -0.05) is 86.8 Å². The van der Waals surface area contributed by atoms with Crippen LogP contribution in [0.1, 0.15) is 43.7 Å². The van der Waals surface area contributed by atoms with Crippen molar-refractivity contribution in [3.05, 3.63) is 71.8 Å². The molecule has 0 aliphatic rings. The third-order valence-corrected chi connectivity index (χ3v) is 3.92. The van der Waals surface area contributed by atoms with Crippen LogP contribution in [0.2, 0.25) is 0 Å². The summed E-state index contributed by atoms with van der Waals surface area (Å²) >= 11 is 0. The van der Waals surface area contributed by atoms with Crippen LogP contribution in [0.25, 0.3) is 0 Å². The van der Waals surface area contributed by atoms with E-state index in [1.807, 2.05) is 60.7 Å². The predicted octanol–water partition coefficient (Wildman–Crippen LogP) is 4.91. The zero-order chi connectivity index (χ0) is 17.7. The number of hydroxylamine groups is 2. The number of carbonyl (C=O) groups is 1. The van der Waals surface area contributed by atoms with Crippen molar-refractivity contribution in [2.24, 2.45) is 0 Å². The van der Waals surface area contributed by atoms with Crippen molar-refractivity contribution in [3.8, 4) is 0 Å². The minimum Gasteiger partial charge on any atom is -0.350 e. The van der Waals surface area contributed by atoms with Crippen molar-refractivity contribution in [1.82, 2.24) is 10.4 Å². The zero-order valence-electron chi connectivity index (χ0n) is 15.0. The van der Waals surface area contributed by atoms with Crippen LogP contribution < -0.4 is 5.32 Å². The van der Waals surface area contributed by atoms with E-state index in [-0.39, 0.29) is 6.09 Å². The lowest BCUT2D eigenvalue weighted by Crippen LogP contribution is -2.34. The van der Waals surface area contributed by atoms with Crippen LogP contribution in [0.5, 0.6) is 0 Å². The molecule has 0 heterocycles. The third-order valence-electron chi connectivity index (χ3n) is 3.92. The maximum atomic E-state index is 12.1. The normalized spacial score (nSPS) is 10.6. The summed E-state index contributed by atoms with van der Waals surface area (Å²) in [6, 6.07) is 20.0. The van der Waals surface area contributed by atoms with Crippen molar-refractivity contribution >= 4 is 6.09 Å². The second kappa shape index (κ2) is 11.3. The number of rotatable bonds is 10. The average molecular weight is 340 g/mol. The van der Waals surface area contributed by atoms with E-state index in [1.54, 1.807) is 5.06 Å². The van der Waals surface area contributed by atoms with E-state index in [1.165, 1.54) is 12.8 Å². The lowest BCUT2D eigenvalue weighted by Gasteiger charge is -2.21. The van der Waals surface area contributed by atoms with Gasteiger partial charge in [0.25, 0.3) is 0 Å². The molecule has 25 heavy (non-hydrogen) atoms. The molecule has 4 heteroatoms. The van der Waals surface area contributed by atoms with Gasteiger partial charge in [-0.3, -0.25) is 0 Å². The molecule has 0 spiro atoms. The lowest BCUT2D eigenvalue weighted by atomic mass is 10.2. The zero-order valence-corrected chi connectivity index (χ0v) is 15.0. The fourth-order valence-corrected chi connectivity index (χ4v) is 2.59. The Morgan fingerprint density at radius 3 is 1.96 bits per heavy atom. The molecular weight excluding hydrogens is 312 g/mol. The van der Waals surface area contributed by atoms with Gasteiger partial charge >= 0.3 is 6.09 Å². The van der Waals surface area contributed by atoms with Gasteiger partial charge in [-0.2, -0.15) is 0 Å². The molecule has 0 atom stereocenters. The van der Waals surface area contributed by atoms with Crippen molar-refractivity contribution < 1.29 is 9.63 Å². The summed E-state index contributed by atoms with van der Waals surface area (Å²) in [6.07, 6.45) is 4.12. The highest BCUT2D eigenvalue weighted by Crippen LogP contribution is 2.10. The lowest BCUT2D eigenvalue weighted by molar-refractivity contribution is -0.115. The van der Waals surface area contributed by atoms with Crippen molar-refractivity contribution in [1.29, 1.82) is 0 Å². The van der Waals surface area contributed by atoms with E-state index in [4.69, 9.17) is 4.84 Å². The molecule has 1 amide bonds. The van der Waals surface area contributed by atoms with Gasteiger partial charge in [0.05, 0.1) is 13.1 Å². The Morgan fingerprint density at radius 2 is 1.44 bits per heavy atom. The largest absolute Gasteiger partial charge is 0.426 e. The maximum absolute atomic E-state index is 12.1. The van der Waals surface area contributed by atoms with Crippen molar-refractivity contribution in [2.45, 2.75) is 45.7 Å². The van der Waals surface area contributed by atoms with E-state index in [9.17, 15) is 4.79 Å². The summed E-state index contributed by atoms with van der Waals surface area (Å²) < 4.78 is 0. The number of benzene rings is 2. The second-order valence-corrected chi connectivity index (χ2v) is 6.14. The SMILES string of the molecule is CCCCCCNC(=O)ON(Cc1ccccc1)Cc1ccccc1. The first kappa shape index (κ1) is 19.0. The number of nitrogens with one attached hydrogen (secondary N) is 1. The van der Waals surface area contributed by atoms with Crippen LogP contribution in [-0.4, -0.2) is 17.7 Å². The van der Waals surface area contributed by atoms with E-state index in [0.717, 1.165) is 24.0 Å². The van der Waals surface area contributed by atoms with Crippen molar-refractivity contribution in [2.75, 3.05) is 6.54 Å². The highest BCUT2D eigenvalue weighted by atomic mass is 16.7. The van der Waals surface area contributed by atoms with Gasteiger partial charge < -0.3 is 10.2 Å². The number of unbranched alkanes of at least 4 members (excludes halogenated alkanes) is 3. The summed E-state index contributed by atoms with van der Waals surface area (Å²) in [5.74, 6) is 0. The number of hydrogen-bond donors (Lipinski definition) is 1. The summed E-state index contributed by atoms with van der Waals surface area (Å²) in [5, 5.41) is 4.54.